The van der Waals surface area contributed by atoms with Gasteiger partial charge in [0.15, 0.2) is 9.84 Å². The molecule has 0 radical (unpaired) electrons. The number of sulfone groups is 1. The lowest BCUT2D eigenvalue weighted by atomic mass is 9.98. The van der Waals surface area contributed by atoms with Crippen LogP contribution >= 0.6 is 0 Å². The van der Waals surface area contributed by atoms with Crippen molar-refractivity contribution in [3.63, 3.8) is 0 Å². The Morgan fingerprint density at radius 1 is 1.29 bits per heavy atom. The first-order valence-corrected chi connectivity index (χ1v) is 7.29. The molecule has 1 rings (SSSR count). The maximum atomic E-state index is 11.6. The summed E-state index contributed by atoms with van der Waals surface area (Å²) in [6.45, 7) is 5.30. The van der Waals surface area contributed by atoms with Gasteiger partial charge in [0.05, 0.1) is 22.2 Å². The highest BCUT2D eigenvalue weighted by Crippen LogP contribution is 2.25. The van der Waals surface area contributed by atoms with Gasteiger partial charge in [0.2, 0.25) is 0 Å². The summed E-state index contributed by atoms with van der Waals surface area (Å²) >= 11 is 0. The molecule has 1 atom stereocenters. The van der Waals surface area contributed by atoms with E-state index in [4.69, 9.17) is 0 Å². The quantitative estimate of drug-likeness (QED) is 0.861. The number of nitrogens with one attached hydrogen (secondary N) is 1. The van der Waals surface area contributed by atoms with Gasteiger partial charge in [-0.2, -0.15) is 0 Å². The van der Waals surface area contributed by atoms with Gasteiger partial charge < -0.3 is 10.4 Å². The maximum absolute atomic E-state index is 11.6. The first-order valence-electron chi connectivity index (χ1n) is 5.40. The van der Waals surface area contributed by atoms with Crippen LogP contribution in [-0.4, -0.2) is 31.4 Å². The largest absolute Gasteiger partial charge is 0.391 e. The van der Waals surface area contributed by atoms with Crippen molar-refractivity contribution in [1.82, 2.24) is 0 Å². The topological polar surface area (TPSA) is 66.4 Å². The Kier molecular flexibility index (Phi) is 3.84. The van der Waals surface area contributed by atoms with Crippen LogP contribution in [0.1, 0.15) is 20.8 Å². The fourth-order valence-electron chi connectivity index (χ4n) is 1.34. The number of anilines is 1. The standard InChI is InChI=1S/C12H19NO3S/c1-9(14)12(2,3)13-10-7-5-6-8-11(10)17(4,15)16/h5-9,13-14H,1-4H3. The minimum absolute atomic E-state index is 0.244. The van der Waals surface area contributed by atoms with Gasteiger partial charge in [0, 0.05) is 6.26 Å². The van der Waals surface area contributed by atoms with E-state index in [1.165, 1.54) is 6.26 Å². The van der Waals surface area contributed by atoms with Gasteiger partial charge in [-0.05, 0) is 32.9 Å². The number of aliphatic hydroxyl groups excluding tert-OH is 1. The Balaban J connectivity index is 3.17. The summed E-state index contributed by atoms with van der Waals surface area (Å²) in [7, 11) is -3.28. The van der Waals surface area contributed by atoms with Gasteiger partial charge in [0.1, 0.15) is 0 Å². The molecule has 1 unspecified atom stereocenters. The molecule has 2 N–H and O–H groups in total. The molecule has 1 aromatic carbocycles. The van der Waals surface area contributed by atoms with E-state index in [0.717, 1.165) is 0 Å². The summed E-state index contributed by atoms with van der Waals surface area (Å²) in [5, 5.41) is 12.7. The van der Waals surface area contributed by atoms with Crippen LogP contribution in [0.5, 0.6) is 0 Å². The highest BCUT2D eigenvalue weighted by atomic mass is 32.2. The molecule has 0 amide bonds. The number of benzene rings is 1. The Morgan fingerprint density at radius 2 is 1.82 bits per heavy atom. The molecule has 0 aliphatic rings. The molecule has 5 heteroatoms. The SMILES string of the molecule is CC(O)C(C)(C)Nc1ccccc1S(C)(=O)=O. The zero-order chi connectivity index (χ0) is 13.3. The van der Waals surface area contributed by atoms with Gasteiger partial charge >= 0.3 is 0 Å². The van der Waals surface area contributed by atoms with E-state index in [1.807, 2.05) is 13.8 Å². The normalized spacial score (nSPS) is 14.4. The molecular formula is C12H19NO3S. The van der Waals surface area contributed by atoms with Crippen LogP contribution in [0.3, 0.4) is 0 Å². The van der Waals surface area contributed by atoms with Crippen molar-refractivity contribution in [2.24, 2.45) is 0 Å². The fraction of sp³-hybridized carbons (Fsp3) is 0.500. The van der Waals surface area contributed by atoms with E-state index >= 15 is 0 Å². The summed E-state index contributed by atoms with van der Waals surface area (Å²) < 4.78 is 23.2. The molecule has 0 bridgehead atoms. The summed E-state index contributed by atoms with van der Waals surface area (Å²) in [5.74, 6) is 0. The Hall–Kier alpha value is -1.07. The Morgan fingerprint density at radius 3 is 2.29 bits per heavy atom. The number of hydrogen-bond acceptors (Lipinski definition) is 4. The Labute approximate surface area is 103 Å². The number of rotatable bonds is 4. The molecule has 0 spiro atoms. The average Bonchev–Trinajstić information content (AvgIpc) is 2.15. The lowest BCUT2D eigenvalue weighted by Gasteiger charge is -2.31. The highest BCUT2D eigenvalue weighted by Gasteiger charge is 2.25. The molecule has 0 fully saturated rings. The van der Waals surface area contributed by atoms with Crippen LogP contribution in [0, 0.1) is 0 Å². The van der Waals surface area contributed by atoms with E-state index in [0.29, 0.717) is 5.69 Å². The molecule has 17 heavy (non-hydrogen) atoms. The van der Waals surface area contributed by atoms with E-state index in [-0.39, 0.29) is 4.90 Å². The lowest BCUT2D eigenvalue weighted by molar-refractivity contribution is 0.133. The van der Waals surface area contributed by atoms with E-state index in [1.54, 1.807) is 31.2 Å². The second-order valence-electron chi connectivity index (χ2n) is 4.79. The monoisotopic (exact) mass is 257 g/mol. The Bertz CT molecular complexity index is 492. The van der Waals surface area contributed by atoms with Crippen molar-refractivity contribution in [3.8, 4) is 0 Å². The minimum atomic E-state index is -3.28. The average molecular weight is 257 g/mol. The first kappa shape index (κ1) is 14.0. The highest BCUT2D eigenvalue weighted by molar-refractivity contribution is 7.90. The molecule has 0 aromatic heterocycles. The second-order valence-corrected chi connectivity index (χ2v) is 6.78. The molecular weight excluding hydrogens is 238 g/mol. The van der Waals surface area contributed by atoms with E-state index < -0.39 is 21.5 Å². The van der Waals surface area contributed by atoms with Crippen LogP contribution < -0.4 is 5.32 Å². The molecule has 0 saturated carbocycles. The van der Waals surface area contributed by atoms with Crippen LogP contribution in [0.15, 0.2) is 29.2 Å². The third-order valence-corrected chi connectivity index (χ3v) is 3.94. The second kappa shape index (κ2) is 4.66. The smallest absolute Gasteiger partial charge is 0.177 e. The summed E-state index contributed by atoms with van der Waals surface area (Å²) in [6, 6.07) is 6.68. The van der Waals surface area contributed by atoms with Gasteiger partial charge in [0.25, 0.3) is 0 Å². The van der Waals surface area contributed by atoms with Crippen molar-refractivity contribution < 1.29 is 13.5 Å². The van der Waals surface area contributed by atoms with Gasteiger partial charge in [-0.1, -0.05) is 12.1 Å². The van der Waals surface area contributed by atoms with Crippen LogP contribution in [0.4, 0.5) is 5.69 Å². The molecule has 1 aromatic rings. The van der Waals surface area contributed by atoms with Crippen molar-refractivity contribution in [3.05, 3.63) is 24.3 Å². The minimum Gasteiger partial charge on any atom is -0.391 e. The van der Waals surface area contributed by atoms with Gasteiger partial charge in [-0.3, -0.25) is 0 Å². The zero-order valence-corrected chi connectivity index (χ0v) is 11.4. The zero-order valence-electron chi connectivity index (χ0n) is 10.6. The van der Waals surface area contributed by atoms with E-state index in [9.17, 15) is 13.5 Å². The van der Waals surface area contributed by atoms with Crippen molar-refractivity contribution in [2.75, 3.05) is 11.6 Å². The van der Waals surface area contributed by atoms with Gasteiger partial charge in [-0.25, -0.2) is 8.42 Å². The fourth-order valence-corrected chi connectivity index (χ4v) is 2.19. The van der Waals surface area contributed by atoms with Crippen molar-refractivity contribution in [1.29, 1.82) is 0 Å². The van der Waals surface area contributed by atoms with Crippen LogP contribution in [0.2, 0.25) is 0 Å². The van der Waals surface area contributed by atoms with Crippen LogP contribution in [-0.2, 0) is 9.84 Å². The molecule has 0 aliphatic heterocycles. The predicted octanol–water partition coefficient (Wildman–Crippen LogP) is 1.66. The molecule has 4 nitrogen and oxygen atoms in total. The predicted molar refractivity (Wildman–Crippen MR) is 68.9 cm³/mol. The summed E-state index contributed by atoms with van der Waals surface area (Å²) in [6.07, 6.45) is 0.568. The van der Waals surface area contributed by atoms with Crippen LogP contribution in [0.25, 0.3) is 0 Å². The third-order valence-electron chi connectivity index (χ3n) is 2.79. The number of aliphatic hydroxyl groups is 1. The maximum Gasteiger partial charge on any atom is 0.177 e. The number of para-hydroxylation sites is 1. The van der Waals surface area contributed by atoms with Crippen molar-refractivity contribution in [2.45, 2.75) is 37.3 Å². The molecule has 0 aliphatic carbocycles. The third kappa shape index (κ3) is 3.44. The van der Waals surface area contributed by atoms with E-state index in [2.05, 4.69) is 5.32 Å². The first-order chi connectivity index (χ1) is 7.64. The number of hydrogen-bond donors (Lipinski definition) is 2. The van der Waals surface area contributed by atoms with Gasteiger partial charge in [-0.15, -0.1) is 0 Å². The molecule has 96 valence electrons. The summed E-state index contributed by atoms with van der Waals surface area (Å²) in [5.41, 5.74) is -0.0817. The molecule has 0 heterocycles. The summed E-state index contributed by atoms with van der Waals surface area (Å²) in [4.78, 5) is 0.244. The molecule has 0 saturated heterocycles. The lowest BCUT2D eigenvalue weighted by Crippen LogP contribution is -2.42. The van der Waals surface area contributed by atoms with Crippen molar-refractivity contribution >= 4 is 15.5 Å².